The average Bonchev–Trinajstić information content (AvgIpc) is 2.86. The SMILES string of the molecule is Cc1cccc(-c2nc(-c3cccc(C)n3)nc3c2CCCCC3)c1. The predicted molar refractivity (Wildman–Crippen MR) is 101 cm³/mol. The highest BCUT2D eigenvalue weighted by atomic mass is 14.9. The fourth-order valence-electron chi connectivity index (χ4n) is 3.58. The molecule has 3 nitrogen and oxygen atoms in total. The van der Waals surface area contributed by atoms with Crippen LogP contribution in [0.3, 0.4) is 0 Å². The van der Waals surface area contributed by atoms with E-state index in [1.165, 1.54) is 41.6 Å². The molecule has 126 valence electrons. The van der Waals surface area contributed by atoms with Gasteiger partial charge in [0, 0.05) is 22.5 Å². The Balaban J connectivity index is 1.93. The number of benzene rings is 1. The number of fused-ring (bicyclic) bond motifs is 1. The molecule has 0 saturated carbocycles. The molecule has 0 spiro atoms. The smallest absolute Gasteiger partial charge is 0.178 e. The van der Waals surface area contributed by atoms with E-state index in [1.807, 2.05) is 25.1 Å². The number of nitrogens with zero attached hydrogens (tertiary/aromatic N) is 3. The number of pyridine rings is 1. The summed E-state index contributed by atoms with van der Waals surface area (Å²) < 4.78 is 0. The van der Waals surface area contributed by atoms with Crippen LogP contribution in [0.5, 0.6) is 0 Å². The molecule has 4 rings (SSSR count). The van der Waals surface area contributed by atoms with Gasteiger partial charge in [0.1, 0.15) is 5.69 Å². The number of rotatable bonds is 2. The van der Waals surface area contributed by atoms with Crippen LogP contribution in [0.2, 0.25) is 0 Å². The van der Waals surface area contributed by atoms with Gasteiger partial charge in [-0.1, -0.05) is 36.2 Å². The minimum atomic E-state index is 0.751. The van der Waals surface area contributed by atoms with Crippen LogP contribution in [0.1, 0.15) is 41.8 Å². The molecule has 1 aromatic carbocycles. The Bertz CT molecular complexity index is 915. The summed E-state index contributed by atoms with van der Waals surface area (Å²) in [5, 5.41) is 0. The fraction of sp³-hybridized carbons (Fsp3) is 0.318. The Labute approximate surface area is 149 Å². The molecule has 1 aliphatic rings. The Kier molecular flexibility index (Phi) is 4.31. The van der Waals surface area contributed by atoms with E-state index < -0.39 is 0 Å². The standard InChI is InChI=1S/C22H23N3/c1-15-8-6-10-17(14-15)21-18-11-4-3-5-12-19(18)24-22(25-21)20-13-7-9-16(2)23-20/h6-10,13-14H,3-5,11-12H2,1-2H3. The maximum Gasteiger partial charge on any atom is 0.178 e. The van der Waals surface area contributed by atoms with Crippen molar-refractivity contribution in [2.24, 2.45) is 0 Å². The van der Waals surface area contributed by atoms with Crippen molar-refractivity contribution in [2.45, 2.75) is 46.0 Å². The third-order valence-corrected chi connectivity index (χ3v) is 4.84. The molecule has 3 aromatic rings. The lowest BCUT2D eigenvalue weighted by molar-refractivity contribution is 0.709. The molecule has 1 aliphatic carbocycles. The molecular weight excluding hydrogens is 306 g/mol. The molecule has 0 unspecified atom stereocenters. The van der Waals surface area contributed by atoms with Crippen LogP contribution in [-0.4, -0.2) is 15.0 Å². The van der Waals surface area contributed by atoms with Crippen LogP contribution < -0.4 is 0 Å². The normalized spacial score (nSPS) is 14.0. The summed E-state index contributed by atoms with van der Waals surface area (Å²) in [7, 11) is 0. The van der Waals surface area contributed by atoms with Gasteiger partial charge in [0.15, 0.2) is 5.82 Å². The molecule has 0 aliphatic heterocycles. The van der Waals surface area contributed by atoms with Crippen molar-refractivity contribution in [2.75, 3.05) is 0 Å². The Morgan fingerprint density at radius 1 is 0.800 bits per heavy atom. The average molecular weight is 329 g/mol. The summed E-state index contributed by atoms with van der Waals surface area (Å²) in [6.45, 7) is 4.14. The van der Waals surface area contributed by atoms with Crippen molar-refractivity contribution in [3.63, 3.8) is 0 Å². The minimum absolute atomic E-state index is 0.751. The molecule has 0 radical (unpaired) electrons. The molecule has 0 amide bonds. The minimum Gasteiger partial charge on any atom is -0.250 e. The Morgan fingerprint density at radius 3 is 2.48 bits per heavy atom. The highest BCUT2D eigenvalue weighted by Crippen LogP contribution is 2.31. The second-order valence-corrected chi connectivity index (χ2v) is 6.92. The molecule has 2 aromatic heterocycles. The maximum absolute atomic E-state index is 4.98. The third kappa shape index (κ3) is 3.32. The van der Waals surface area contributed by atoms with Crippen molar-refractivity contribution in [1.82, 2.24) is 15.0 Å². The first-order valence-corrected chi connectivity index (χ1v) is 9.11. The van der Waals surface area contributed by atoms with Gasteiger partial charge >= 0.3 is 0 Å². The van der Waals surface area contributed by atoms with E-state index in [0.717, 1.165) is 35.7 Å². The summed E-state index contributed by atoms with van der Waals surface area (Å²) in [5.74, 6) is 0.751. The molecule has 0 N–H and O–H groups in total. The summed E-state index contributed by atoms with van der Waals surface area (Å²) in [6, 6.07) is 14.7. The molecule has 0 saturated heterocycles. The Hall–Kier alpha value is -2.55. The van der Waals surface area contributed by atoms with Crippen LogP contribution in [0.25, 0.3) is 22.8 Å². The van der Waals surface area contributed by atoms with E-state index in [9.17, 15) is 0 Å². The van der Waals surface area contributed by atoms with Crippen LogP contribution in [0.4, 0.5) is 0 Å². The van der Waals surface area contributed by atoms with Gasteiger partial charge in [0.2, 0.25) is 0 Å². The lowest BCUT2D eigenvalue weighted by Gasteiger charge is -2.14. The maximum atomic E-state index is 4.98. The number of hydrogen-bond donors (Lipinski definition) is 0. The molecule has 2 heterocycles. The first kappa shape index (κ1) is 15.9. The highest BCUT2D eigenvalue weighted by Gasteiger charge is 2.19. The Morgan fingerprint density at radius 2 is 1.64 bits per heavy atom. The van der Waals surface area contributed by atoms with E-state index in [2.05, 4.69) is 36.2 Å². The topological polar surface area (TPSA) is 38.7 Å². The number of aromatic nitrogens is 3. The van der Waals surface area contributed by atoms with Crippen molar-refractivity contribution >= 4 is 0 Å². The van der Waals surface area contributed by atoms with Gasteiger partial charge in [-0.2, -0.15) is 0 Å². The lowest BCUT2D eigenvalue weighted by Crippen LogP contribution is -2.05. The first-order chi connectivity index (χ1) is 12.2. The predicted octanol–water partition coefficient (Wildman–Crippen LogP) is 5.09. The number of hydrogen-bond acceptors (Lipinski definition) is 3. The lowest BCUT2D eigenvalue weighted by atomic mass is 9.99. The molecule has 3 heteroatoms. The molecule has 0 atom stereocenters. The van der Waals surface area contributed by atoms with E-state index in [-0.39, 0.29) is 0 Å². The zero-order chi connectivity index (χ0) is 17.2. The first-order valence-electron chi connectivity index (χ1n) is 9.11. The van der Waals surface area contributed by atoms with Gasteiger partial charge in [-0.3, -0.25) is 0 Å². The summed E-state index contributed by atoms with van der Waals surface area (Å²) >= 11 is 0. The molecule has 0 bridgehead atoms. The highest BCUT2D eigenvalue weighted by molar-refractivity contribution is 5.67. The van der Waals surface area contributed by atoms with Gasteiger partial charge in [-0.15, -0.1) is 0 Å². The van der Waals surface area contributed by atoms with Gasteiger partial charge in [-0.25, -0.2) is 15.0 Å². The van der Waals surface area contributed by atoms with Crippen LogP contribution >= 0.6 is 0 Å². The summed E-state index contributed by atoms with van der Waals surface area (Å²) in [5.41, 5.74) is 7.94. The molecular formula is C22H23N3. The largest absolute Gasteiger partial charge is 0.250 e. The zero-order valence-corrected chi connectivity index (χ0v) is 14.9. The second kappa shape index (κ2) is 6.75. The van der Waals surface area contributed by atoms with Gasteiger partial charge in [-0.05, 0) is 57.7 Å². The summed E-state index contributed by atoms with van der Waals surface area (Å²) in [6.07, 6.45) is 5.80. The monoisotopic (exact) mass is 329 g/mol. The van der Waals surface area contributed by atoms with Gasteiger partial charge in [0.25, 0.3) is 0 Å². The zero-order valence-electron chi connectivity index (χ0n) is 14.9. The van der Waals surface area contributed by atoms with Gasteiger partial charge in [0.05, 0.1) is 5.69 Å². The van der Waals surface area contributed by atoms with E-state index >= 15 is 0 Å². The summed E-state index contributed by atoms with van der Waals surface area (Å²) in [4.78, 5) is 14.5. The van der Waals surface area contributed by atoms with Crippen molar-refractivity contribution in [3.8, 4) is 22.8 Å². The second-order valence-electron chi connectivity index (χ2n) is 6.92. The quantitative estimate of drug-likeness (QED) is 0.615. The van der Waals surface area contributed by atoms with Crippen LogP contribution in [0.15, 0.2) is 42.5 Å². The van der Waals surface area contributed by atoms with Crippen LogP contribution in [-0.2, 0) is 12.8 Å². The molecule has 0 fully saturated rings. The fourth-order valence-corrected chi connectivity index (χ4v) is 3.58. The van der Waals surface area contributed by atoms with Gasteiger partial charge < -0.3 is 0 Å². The van der Waals surface area contributed by atoms with E-state index in [4.69, 9.17) is 9.97 Å². The van der Waals surface area contributed by atoms with Crippen molar-refractivity contribution < 1.29 is 0 Å². The van der Waals surface area contributed by atoms with Crippen molar-refractivity contribution in [3.05, 3.63) is 65.0 Å². The van der Waals surface area contributed by atoms with Crippen molar-refractivity contribution in [1.29, 1.82) is 0 Å². The number of aryl methyl sites for hydroxylation is 3. The van der Waals surface area contributed by atoms with E-state index in [0.29, 0.717) is 0 Å². The van der Waals surface area contributed by atoms with E-state index in [1.54, 1.807) is 0 Å². The molecule has 25 heavy (non-hydrogen) atoms. The third-order valence-electron chi connectivity index (χ3n) is 4.84. The van der Waals surface area contributed by atoms with Crippen LogP contribution in [0, 0.1) is 13.8 Å².